The molecule has 3 rings (SSSR count). The highest BCUT2D eigenvalue weighted by Gasteiger charge is 2.16. The molecule has 0 fully saturated rings. The standard InChI is InChI=1S/C18H14FP.B/c19-15-8-7-13-18(14-15)20(16-9-3-1-4-10-16)17-11-5-2-6-12-17;/h1-14H;. The lowest BCUT2D eigenvalue weighted by Crippen LogP contribution is -2.20. The van der Waals surface area contributed by atoms with Gasteiger partial charge < -0.3 is 0 Å². The van der Waals surface area contributed by atoms with Crippen molar-refractivity contribution in [2.75, 3.05) is 0 Å². The van der Waals surface area contributed by atoms with Crippen molar-refractivity contribution in [2.45, 2.75) is 0 Å². The molecule has 3 heteroatoms. The Kier molecular flexibility index (Phi) is 5.30. The van der Waals surface area contributed by atoms with E-state index in [0.29, 0.717) is 0 Å². The maximum atomic E-state index is 13.6. The van der Waals surface area contributed by atoms with Crippen LogP contribution in [0.4, 0.5) is 4.39 Å². The minimum Gasteiger partial charge on any atom is -0.207 e. The van der Waals surface area contributed by atoms with Crippen molar-refractivity contribution in [3.05, 3.63) is 90.7 Å². The van der Waals surface area contributed by atoms with E-state index in [-0.39, 0.29) is 14.2 Å². The van der Waals surface area contributed by atoms with Crippen LogP contribution >= 0.6 is 7.92 Å². The van der Waals surface area contributed by atoms with Crippen LogP contribution in [0, 0.1) is 5.82 Å². The molecule has 3 radical (unpaired) electrons. The summed E-state index contributed by atoms with van der Waals surface area (Å²) in [5, 5.41) is 3.51. The van der Waals surface area contributed by atoms with Crippen LogP contribution in [0.15, 0.2) is 84.9 Å². The first-order valence-electron chi connectivity index (χ1n) is 6.50. The van der Waals surface area contributed by atoms with Crippen molar-refractivity contribution >= 4 is 32.2 Å². The van der Waals surface area contributed by atoms with Crippen molar-refractivity contribution in [1.82, 2.24) is 0 Å². The number of hydrogen-bond acceptors (Lipinski definition) is 0. The summed E-state index contributed by atoms with van der Waals surface area (Å²) in [4.78, 5) is 0. The summed E-state index contributed by atoms with van der Waals surface area (Å²) in [7, 11) is -0.702. The van der Waals surface area contributed by atoms with Crippen LogP contribution in [0.1, 0.15) is 0 Å². The highest BCUT2D eigenvalue weighted by atomic mass is 31.1. The van der Waals surface area contributed by atoms with Crippen molar-refractivity contribution in [3.63, 3.8) is 0 Å². The summed E-state index contributed by atoms with van der Waals surface area (Å²) < 4.78 is 13.6. The van der Waals surface area contributed by atoms with Crippen LogP contribution in [0.5, 0.6) is 0 Å². The van der Waals surface area contributed by atoms with Gasteiger partial charge in [-0.2, -0.15) is 0 Å². The van der Waals surface area contributed by atoms with E-state index >= 15 is 0 Å². The Morgan fingerprint density at radius 1 is 0.571 bits per heavy atom. The molecule has 0 aromatic heterocycles. The highest BCUT2D eigenvalue weighted by Crippen LogP contribution is 2.32. The second-order valence-corrected chi connectivity index (χ2v) is 6.71. The Hall–Kier alpha value is -1.92. The summed E-state index contributed by atoms with van der Waals surface area (Å²) >= 11 is 0. The lowest BCUT2D eigenvalue weighted by molar-refractivity contribution is 0.629. The molecule has 0 unspecified atom stereocenters. The van der Waals surface area contributed by atoms with E-state index in [1.54, 1.807) is 12.1 Å². The lowest BCUT2D eigenvalue weighted by Gasteiger charge is -2.19. The average Bonchev–Trinajstić information content (AvgIpc) is 2.50. The SMILES string of the molecule is Fc1cccc(P(c2ccccc2)c2ccccc2)c1.[B]. The summed E-state index contributed by atoms with van der Waals surface area (Å²) in [5.41, 5.74) is 0. The maximum Gasteiger partial charge on any atom is 0.123 e. The fraction of sp³-hybridized carbons (Fsp3) is 0. The van der Waals surface area contributed by atoms with Gasteiger partial charge in [0.05, 0.1) is 0 Å². The first-order valence-corrected chi connectivity index (χ1v) is 7.84. The number of rotatable bonds is 3. The van der Waals surface area contributed by atoms with Gasteiger partial charge in [-0.15, -0.1) is 0 Å². The number of benzene rings is 3. The Bertz CT molecular complexity index is 646. The third-order valence-electron chi connectivity index (χ3n) is 3.10. The van der Waals surface area contributed by atoms with Crippen molar-refractivity contribution < 1.29 is 4.39 Å². The van der Waals surface area contributed by atoms with Crippen LogP contribution < -0.4 is 15.9 Å². The molecule has 0 atom stereocenters. The second-order valence-electron chi connectivity index (χ2n) is 4.49. The van der Waals surface area contributed by atoms with Gasteiger partial charge in [0.25, 0.3) is 0 Å². The lowest BCUT2D eigenvalue weighted by atomic mass is 10.3. The Morgan fingerprint density at radius 3 is 1.52 bits per heavy atom. The molecular formula is C18H14BFP. The van der Waals surface area contributed by atoms with Gasteiger partial charge in [-0.25, -0.2) is 4.39 Å². The molecule has 3 aromatic rings. The Balaban J connectivity index is 0.00000161. The van der Waals surface area contributed by atoms with Gasteiger partial charge in [0.2, 0.25) is 0 Å². The molecular weight excluding hydrogens is 277 g/mol. The molecule has 0 spiro atoms. The summed E-state index contributed by atoms with van der Waals surface area (Å²) in [6.45, 7) is 0. The smallest absolute Gasteiger partial charge is 0.123 e. The van der Waals surface area contributed by atoms with Gasteiger partial charge in [0.1, 0.15) is 5.82 Å². The molecule has 101 valence electrons. The highest BCUT2D eigenvalue weighted by molar-refractivity contribution is 7.79. The fourth-order valence-electron chi connectivity index (χ4n) is 2.22. The number of halogens is 1. The van der Waals surface area contributed by atoms with Crippen molar-refractivity contribution in [1.29, 1.82) is 0 Å². The zero-order chi connectivity index (χ0) is 13.8. The molecule has 0 aliphatic carbocycles. The van der Waals surface area contributed by atoms with Crippen molar-refractivity contribution in [2.24, 2.45) is 0 Å². The Labute approximate surface area is 128 Å². The van der Waals surface area contributed by atoms with Gasteiger partial charge in [-0.05, 0) is 36.0 Å². The zero-order valence-electron chi connectivity index (χ0n) is 11.5. The van der Waals surface area contributed by atoms with E-state index < -0.39 is 7.92 Å². The quantitative estimate of drug-likeness (QED) is 0.513. The molecule has 21 heavy (non-hydrogen) atoms. The first kappa shape index (κ1) is 15.5. The minimum absolute atomic E-state index is 0. The van der Waals surface area contributed by atoms with E-state index in [0.717, 1.165) is 5.30 Å². The van der Waals surface area contributed by atoms with Crippen molar-refractivity contribution in [3.8, 4) is 0 Å². The topological polar surface area (TPSA) is 0 Å². The predicted molar refractivity (Wildman–Crippen MR) is 90.9 cm³/mol. The monoisotopic (exact) mass is 291 g/mol. The van der Waals surface area contributed by atoms with E-state index in [9.17, 15) is 4.39 Å². The predicted octanol–water partition coefficient (Wildman–Crippen LogP) is 3.20. The van der Waals surface area contributed by atoms with E-state index in [4.69, 9.17) is 0 Å². The van der Waals surface area contributed by atoms with Crippen LogP contribution in [-0.4, -0.2) is 8.41 Å². The van der Waals surface area contributed by atoms with Crippen LogP contribution in [0.25, 0.3) is 0 Å². The maximum absolute atomic E-state index is 13.6. The van der Waals surface area contributed by atoms with Crippen LogP contribution in [0.3, 0.4) is 0 Å². The zero-order valence-corrected chi connectivity index (χ0v) is 12.4. The average molecular weight is 291 g/mol. The second kappa shape index (κ2) is 7.20. The third kappa shape index (κ3) is 3.59. The molecule has 0 N–H and O–H groups in total. The molecule has 0 saturated heterocycles. The largest absolute Gasteiger partial charge is 0.207 e. The van der Waals surface area contributed by atoms with E-state index in [2.05, 4.69) is 24.3 Å². The molecule has 0 saturated carbocycles. The van der Waals surface area contributed by atoms with Gasteiger partial charge in [0, 0.05) is 8.41 Å². The van der Waals surface area contributed by atoms with Gasteiger partial charge in [-0.1, -0.05) is 72.8 Å². The molecule has 0 aliphatic heterocycles. The molecule has 0 nitrogen and oxygen atoms in total. The normalized spacial score (nSPS) is 10.2. The summed E-state index contributed by atoms with van der Waals surface area (Å²) in [6, 6.07) is 27.5. The summed E-state index contributed by atoms with van der Waals surface area (Å²) in [6.07, 6.45) is 0. The Morgan fingerprint density at radius 2 is 1.05 bits per heavy atom. The van der Waals surface area contributed by atoms with Gasteiger partial charge >= 0.3 is 0 Å². The third-order valence-corrected chi connectivity index (χ3v) is 5.52. The molecule has 0 bridgehead atoms. The fourth-order valence-corrected chi connectivity index (χ4v) is 4.54. The molecule has 0 aliphatic rings. The van der Waals surface area contributed by atoms with Crippen LogP contribution in [0.2, 0.25) is 0 Å². The summed E-state index contributed by atoms with van der Waals surface area (Å²) in [5.74, 6) is -0.179. The van der Waals surface area contributed by atoms with Crippen LogP contribution in [-0.2, 0) is 0 Å². The van der Waals surface area contributed by atoms with Gasteiger partial charge in [0.15, 0.2) is 0 Å². The number of hydrogen-bond donors (Lipinski definition) is 0. The van der Waals surface area contributed by atoms with E-state index in [1.165, 1.54) is 16.7 Å². The molecule has 0 amide bonds. The first-order chi connectivity index (χ1) is 9.84. The van der Waals surface area contributed by atoms with E-state index in [1.807, 2.05) is 42.5 Å². The van der Waals surface area contributed by atoms with Gasteiger partial charge in [-0.3, -0.25) is 0 Å². The molecule has 3 aromatic carbocycles. The minimum atomic E-state index is -0.702. The molecule has 0 heterocycles.